The zero-order valence-electron chi connectivity index (χ0n) is 16.7. The molecule has 29 heavy (non-hydrogen) atoms. The van der Waals surface area contributed by atoms with E-state index in [2.05, 4.69) is 15.6 Å². The first kappa shape index (κ1) is 21.7. The summed E-state index contributed by atoms with van der Waals surface area (Å²) in [5.41, 5.74) is 3.25. The van der Waals surface area contributed by atoms with Gasteiger partial charge in [0.05, 0.1) is 6.04 Å². The third-order valence-corrected chi connectivity index (χ3v) is 3.86. The molecular weight excluding hydrogens is 378 g/mol. The molecule has 0 aliphatic carbocycles. The van der Waals surface area contributed by atoms with Crippen LogP contribution in [0.4, 0.5) is 11.4 Å². The van der Waals surface area contributed by atoms with Gasteiger partial charge in [0.2, 0.25) is 5.91 Å². The van der Waals surface area contributed by atoms with Crippen molar-refractivity contribution in [2.24, 2.45) is 5.41 Å². The maximum Gasteiger partial charge on any atom is 0.326 e. The van der Waals surface area contributed by atoms with Gasteiger partial charge in [0, 0.05) is 17.2 Å². The van der Waals surface area contributed by atoms with Crippen molar-refractivity contribution < 1.29 is 14.3 Å². The molecule has 1 atom stereocenters. The lowest BCUT2D eigenvalue weighted by Crippen LogP contribution is -2.40. The Kier molecular flexibility index (Phi) is 6.47. The Labute approximate surface area is 166 Å². The molecule has 0 aliphatic heterocycles. The van der Waals surface area contributed by atoms with Crippen molar-refractivity contribution >= 4 is 23.2 Å². The molecule has 6 N–H and O–H groups in total. The average molecular weight is 403 g/mol. The second-order valence-electron chi connectivity index (χ2n) is 7.61. The van der Waals surface area contributed by atoms with Crippen LogP contribution in [0.25, 0.3) is 0 Å². The number of benzene rings is 1. The summed E-state index contributed by atoms with van der Waals surface area (Å²) in [5, 5.41) is 5.40. The van der Waals surface area contributed by atoms with Crippen molar-refractivity contribution in [3.05, 3.63) is 50.8 Å². The van der Waals surface area contributed by atoms with Crippen LogP contribution >= 0.6 is 0 Å². The highest BCUT2D eigenvalue weighted by molar-refractivity contribution is 5.97. The lowest BCUT2D eigenvalue weighted by molar-refractivity contribution is -0.123. The minimum absolute atomic E-state index is 0.107. The van der Waals surface area contributed by atoms with Gasteiger partial charge in [-0.05, 0) is 19.1 Å². The van der Waals surface area contributed by atoms with Crippen LogP contribution < -0.4 is 32.4 Å². The molecule has 0 spiro atoms. The Morgan fingerprint density at radius 2 is 1.90 bits per heavy atom. The molecule has 156 valence electrons. The third kappa shape index (κ3) is 5.96. The molecular formula is C19H25N5O5. The summed E-state index contributed by atoms with van der Waals surface area (Å²) < 4.78 is 5.65. The fraction of sp³-hybridized carbons (Fsp3) is 0.368. The molecule has 0 saturated carbocycles. The Bertz CT molecular complexity index is 1020. The minimum Gasteiger partial charge on any atom is -0.491 e. The van der Waals surface area contributed by atoms with Gasteiger partial charge in [-0.1, -0.05) is 26.8 Å². The summed E-state index contributed by atoms with van der Waals surface area (Å²) in [5.74, 6) is -0.324. The van der Waals surface area contributed by atoms with Gasteiger partial charge in [-0.3, -0.25) is 19.4 Å². The first-order valence-electron chi connectivity index (χ1n) is 8.94. The zero-order chi connectivity index (χ0) is 21.8. The van der Waals surface area contributed by atoms with Crippen LogP contribution in [0.3, 0.4) is 0 Å². The normalized spacial score (nSPS) is 12.1. The largest absolute Gasteiger partial charge is 0.491 e. The van der Waals surface area contributed by atoms with Crippen molar-refractivity contribution in [2.45, 2.75) is 33.7 Å². The van der Waals surface area contributed by atoms with Crippen molar-refractivity contribution in [1.29, 1.82) is 0 Å². The number of amides is 2. The van der Waals surface area contributed by atoms with E-state index < -0.39 is 28.6 Å². The predicted molar refractivity (Wildman–Crippen MR) is 109 cm³/mol. The molecule has 0 aliphatic rings. The van der Waals surface area contributed by atoms with E-state index in [1.807, 2.05) is 25.8 Å². The quantitative estimate of drug-likeness (QED) is 0.480. The summed E-state index contributed by atoms with van der Waals surface area (Å²) in [6.07, 6.45) is 0. The van der Waals surface area contributed by atoms with E-state index in [0.29, 0.717) is 11.4 Å². The van der Waals surface area contributed by atoms with E-state index >= 15 is 0 Å². The number of anilines is 2. The lowest BCUT2D eigenvalue weighted by atomic mass is 9.95. The van der Waals surface area contributed by atoms with Gasteiger partial charge in [-0.25, -0.2) is 4.79 Å². The van der Waals surface area contributed by atoms with E-state index in [1.54, 1.807) is 31.2 Å². The average Bonchev–Trinajstić information content (AvgIpc) is 2.62. The number of aromatic amines is 2. The van der Waals surface area contributed by atoms with Gasteiger partial charge in [-0.15, -0.1) is 0 Å². The molecule has 1 heterocycles. The number of hydrogen-bond donors (Lipinski definition) is 5. The Morgan fingerprint density at radius 1 is 1.21 bits per heavy atom. The molecule has 0 bridgehead atoms. The molecule has 0 radical (unpaired) electrons. The van der Waals surface area contributed by atoms with Crippen molar-refractivity contribution in [3.8, 4) is 5.75 Å². The summed E-state index contributed by atoms with van der Waals surface area (Å²) in [6.45, 7) is 7.23. The van der Waals surface area contributed by atoms with Gasteiger partial charge in [0.25, 0.3) is 11.5 Å². The molecule has 0 unspecified atom stereocenters. The SMILES string of the molecule is C[C@H](COc1cccc(NC(=O)C(C)(C)C)c1)NC(=O)c1[nH]c(=O)[nH]c(=O)c1N. The van der Waals surface area contributed by atoms with Crippen LogP contribution in [0.2, 0.25) is 0 Å². The third-order valence-electron chi connectivity index (χ3n) is 3.86. The number of carbonyl (C=O) groups is 2. The van der Waals surface area contributed by atoms with Gasteiger partial charge >= 0.3 is 5.69 Å². The van der Waals surface area contributed by atoms with Gasteiger partial charge in [0.15, 0.2) is 0 Å². The number of rotatable bonds is 6. The molecule has 10 heteroatoms. The number of aromatic nitrogens is 2. The maximum absolute atomic E-state index is 12.2. The number of nitrogens with one attached hydrogen (secondary N) is 4. The molecule has 2 rings (SSSR count). The smallest absolute Gasteiger partial charge is 0.326 e. The fourth-order valence-electron chi connectivity index (χ4n) is 2.22. The van der Waals surface area contributed by atoms with Crippen molar-refractivity contribution in [2.75, 3.05) is 17.7 Å². The number of ether oxygens (including phenoxy) is 1. The first-order valence-corrected chi connectivity index (χ1v) is 8.94. The molecule has 1 aromatic carbocycles. The second kappa shape index (κ2) is 8.63. The summed E-state index contributed by atoms with van der Waals surface area (Å²) >= 11 is 0. The topological polar surface area (TPSA) is 159 Å². The molecule has 10 nitrogen and oxygen atoms in total. The zero-order valence-corrected chi connectivity index (χ0v) is 16.7. The number of nitrogen functional groups attached to an aromatic ring is 1. The minimum atomic E-state index is -0.836. The van der Waals surface area contributed by atoms with Crippen LogP contribution in [-0.4, -0.2) is 34.4 Å². The fourth-order valence-corrected chi connectivity index (χ4v) is 2.22. The predicted octanol–water partition coefficient (Wildman–Crippen LogP) is 0.827. The van der Waals surface area contributed by atoms with Crippen LogP contribution in [0.1, 0.15) is 38.2 Å². The van der Waals surface area contributed by atoms with Gasteiger partial charge in [0.1, 0.15) is 23.7 Å². The van der Waals surface area contributed by atoms with Crippen LogP contribution in [0, 0.1) is 5.41 Å². The lowest BCUT2D eigenvalue weighted by Gasteiger charge is -2.18. The maximum atomic E-state index is 12.2. The number of carbonyl (C=O) groups excluding carboxylic acids is 2. The van der Waals surface area contributed by atoms with Crippen LogP contribution in [-0.2, 0) is 4.79 Å². The first-order chi connectivity index (χ1) is 13.5. The van der Waals surface area contributed by atoms with E-state index in [4.69, 9.17) is 10.5 Å². The monoisotopic (exact) mass is 403 g/mol. The Balaban J connectivity index is 1.97. The molecule has 0 fully saturated rings. The highest BCUT2D eigenvalue weighted by Gasteiger charge is 2.21. The number of hydrogen-bond acceptors (Lipinski definition) is 6. The van der Waals surface area contributed by atoms with Crippen LogP contribution in [0.5, 0.6) is 5.75 Å². The van der Waals surface area contributed by atoms with E-state index in [1.165, 1.54) is 0 Å². The molecule has 0 saturated heterocycles. The molecule has 2 aromatic rings. The van der Waals surface area contributed by atoms with E-state index in [9.17, 15) is 19.2 Å². The van der Waals surface area contributed by atoms with Gasteiger partial charge in [-0.2, -0.15) is 0 Å². The Hall–Kier alpha value is -3.56. The van der Waals surface area contributed by atoms with Crippen LogP contribution in [0.15, 0.2) is 33.9 Å². The van der Waals surface area contributed by atoms with Crippen molar-refractivity contribution in [3.63, 3.8) is 0 Å². The molecule has 1 aromatic heterocycles. The van der Waals surface area contributed by atoms with E-state index in [-0.39, 0.29) is 23.9 Å². The Morgan fingerprint density at radius 3 is 2.55 bits per heavy atom. The number of nitrogens with two attached hydrogens (primary N) is 1. The van der Waals surface area contributed by atoms with E-state index in [0.717, 1.165) is 0 Å². The second-order valence-corrected chi connectivity index (χ2v) is 7.61. The summed E-state index contributed by atoms with van der Waals surface area (Å²) in [6, 6.07) is 6.40. The number of H-pyrrole nitrogens is 2. The van der Waals surface area contributed by atoms with Gasteiger partial charge < -0.3 is 26.1 Å². The van der Waals surface area contributed by atoms with Crippen molar-refractivity contribution in [1.82, 2.24) is 15.3 Å². The summed E-state index contributed by atoms with van der Waals surface area (Å²) in [4.78, 5) is 51.3. The standard InChI is InChI=1S/C19H25N5O5/c1-10(21-16(26)14-13(20)15(25)24-18(28)23-14)9-29-12-7-5-6-11(8-12)22-17(27)19(2,3)4/h5-8,10H,9,20H2,1-4H3,(H,21,26)(H,22,27)(H2,23,24,25,28)/t10-/m1/s1. The highest BCUT2D eigenvalue weighted by atomic mass is 16.5. The molecule has 2 amide bonds. The highest BCUT2D eigenvalue weighted by Crippen LogP contribution is 2.21. The summed E-state index contributed by atoms with van der Waals surface area (Å²) in [7, 11) is 0.